The highest BCUT2D eigenvalue weighted by atomic mass is 32.2. The van der Waals surface area contributed by atoms with E-state index in [1.807, 2.05) is 13.8 Å². The van der Waals surface area contributed by atoms with E-state index in [2.05, 4.69) is 16.9 Å². The summed E-state index contributed by atoms with van der Waals surface area (Å²) in [6.45, 7) is 7.70. The van der Waals surface area contributed by atoms with Gasteiger partial charge in [0.1, 0.15) is 0 Å². The van der Waals surface area contributed by atoms with Crippen LogP contribution in [0.5, 0.6) is 0 Å². The molecule has 1 N–H and O–H groups in total. The number of nitrogens with one attached hydrogen (secondary N) is 1. The molecule has 0 radical (unpaired) electrons. The second kappa shape index (κ2) is 4.59. The third-order valence-corrected chi connectivity index (χ3v) is 3.86. The fraction of sp³-hybridized carbons (Fsp3) is 0.308. The van der Waals surface area contributed by atoms with Crippen LogP contribution in [0.3, 0.4) is 0 Å². The molecule has 6 heteroatoms. The molecule has 0 saturated carbocycles. The summed E-state index contributed by atoms with van der Waals surface area (Å²) in [5, 5.41) is 3.46. The van der Waals surface area contributed by atoms with Crippen molar-refractivity contribution in [3.05, 3.63) is 41.3 Å². The van der Waals surface area contributed by atoms with Gasteiger partial charge in [-0.05, 0) is 32.0 Å². The summed E-state index contributed by atoms with van der Waals surface area (Å²) in [5.74, 6) is 0. The maximum absolute atomic E-state index is 12.6. The van der Waals surface area contributed by atoms with Gasteiger partial charge in [-0.15, -0.1) is 0 Å². The van der Waals surface area contributed by atoms with Gasteiger partial charge in [-0.2, -0.15) is 13.2 Å². The van der Waals surface area contributed by atoms with Gasteiger partial charge in [0.2, 0.25) is 0 Å². The quantitative estimate of drug-likeness (QED) is 0.821. The summed E-state index contributed by atoms with van der Waals surface area (Å²) in [7, 11) is 0. The minimum Gasteiger partial charge on any atom is -0.335 e. The highest BCUT2D eigenvalue weighted by Crippen LogP contribution is 2.38. The Hall–Kier alpha value is -1.43. The smallest absolute Gasteiger partial charge is 0.335 e. The monoisotopic (exact) mass is 286 g/mol. The van der Waals surface area contributed by atoms with Gasteiger partial charge in [-0.1, -0.05) is 24.4 Å². The summed E-state index contributed by atoms with van der Waals surface area (Å²) >= 11 is 1.34. The van der Waals surface area contributed by atoms with Gasteiger partial charge in [0.15, 0.2) is 5.17 Å². The van der Waals surface area contributed by atoms with Crippen molar-refractivity contribution in [2.24, 2.45) is 4.99 Å². The first-order valence-electron chi connectivity index (χ1n) is 5.60. The lowest BCUT2D eigenvalue weighted by molar-refractivity contribution is -0.137. The predicted octanol–water partition coefficient (Wildman–Crippen LogP) is 4.51. The maximum Gasteiger partial charge on any atom is 0.416 e. The molecular formula is C13H13F3N2S. The number of aliphatic imine (C=N–C) groups is 1. The van der Waals surface area contributed by atoms with Gasteiger partial charge in [-0.3, -0.25) is 4.99 Å². The van der Waals surface area contributed by atoms with E-state index in [1.54, 1.807) is 6.07 Å². The number of amidine groups is 1. The van der Waals surface area contributed by atoms with Crippen LogP contribution in [0.4, 0.5) is 18.9 Å². The van der Waals surface area contributed by atoms with Crippen LogP contribution < -0.4 is 5.32 Å². The van der Waals surface area contributed by atoms with Crippen LogP contribution >= 0.6 is 11.8 Å². The summed E-state index contributed by atoms with van der Waals surface area (Å²) in [4.78, 5) is 5.24. The number of benzene rings is 1. The molecule has 2 rings (SSSR count). The van der Waals surface area contributed by atoms with Gasteiger partial charge in [0.25, 0.3) is 0 Å². The first-order valence-corrected chi connectivity index (χ1v) is 6.41. The van der Waals surface area contributed by atoms with Gasteiger partial charge < -0.3 is 5.32 Å². The normalized spacial score (nSPS) is 18.4. The number of rotatable bonds is 1. The average Bonchev–Trinajstić information content (AvgIpc) is 2.51. The molecule has 1 heterocycles. The van der Waals surface area contributed by atoms with E-state index in [4.69, 9.17) is 0 Å². The lowest BCUT2D eigenvalue weighted by Crippen LogP contribution is -2.13. The fourth-order valence-corrected chi connectivity index (χ4v) is 2.50. The topological polar surface area (TPSA) is 24.4 Å². The second-order valence-electron chi connectivity index (χ2n) is 4.70. The van der Waals surface area contributed by atoms with E-state index in [0.29, 0.717) is 10.9 Å². The molecule has 19 heavy (non-hydrogen) atoms. The number of hydrogen-bond acceptors (Lipinski definition) is 3. The number of hydrogen-bond donors (Lipinski definition) is 1. The zero-order valence-electron chi connectivity index (χ0n) is 10.5. The summed E-state index contributed by atoms with van der Waals surface area (Å²) in [5.41, 5.74) is -0.708. The molecule has 0 unspecified atom stereocenters. The van der Waals surface area contributed by atoms with Crippen molar-refractivity contribution in [2.75, 3.05) is 5.32 Å². The highest BCUT2D eigenvalue weighted by Gasteiger charge is 2.32. The molecule has 0 aromatic heterocycles. The van der Waals surface area contributed by atoms with Crippen molar-refractivity contribution in [1.29, 1.82) is 0 Å². The second-order valence-corrected chi connectivity index (χ2v) is 5.79. The molecule has 1 aliphatic rings. The van der Waals surface area contributed by atoms with Crippen LogP contribution in [0.25, 0.3) is 0 Å². The Balaban J connectivity index is 2.20. The van der Waals surface area contributed by atoms with Crippen LogP contribution in [-0.2, 0) is 6.18 Å². The van der Waals surface area contributed by atoms with Crippen molar-refractivity contribution in [3.8, 4) is 0 Å². The molecule has 0 atom stereocenters. The Morgan fingerprint density at radius 3 is 2.53 bits per heavy atom. The van der Waals surface area contributed by atoms with E-state index in [0.717, 1.165) is 17.0 Å². The minimum absolute atomic E-state index is 0.367. The van der Waals surface area contributed by atoms with Crippen molar-refractivity contribution in [2.45, 2.75) is 25.6 Å². The van der Waals surface area contributed by atoms with Crippen LogP contribution in [0.2, 0.25) is 0 Å². The fourth-order valence-electron chi connectivity index (χ4n) is 1.53. The number of halogens is 3. The van der Waals surface area contributed by atoms with Crippen LogP contribution in [-0.4, -0.2) is 10.7 Å². The molecule has 102 valence electrons. The molecule has 0 fully saturated rings. The molecule has 2 nitrogen and oxygen atoms in total. The molecule has 0 spiro atoms. The van der Waals surface area contributed by atoms with Crippen molar-refractivity contribution < 1.29 is 13.2 Å². The van der Waals surface area contributed by atoms with Crippen LogP contribution in [0, 0.1) is 0 Å². The molecular weight excluding hydrogens is 273 g/mol. The number of anilines is 1. The van der Waals surface area contributed by atoms with Crippen molar-refractivity contribution in [1.82, 2.24) is 0 Å². The maximum atomic E-state index is 12.6. The summed E-state index contributed by atoms with van der Waals surface area (Å²) < 4.78 is 37.8. The van der Waals surface area contributed by atoms with Crippen molar-refractivity contribution >= 4 is 22.6 Å². The van der Waals surface area contributed by atoms with Gasteiger partial charge in [0, 0.05) is 10.6 Å². The van der Waals surface area contributed by atoms with E-state index in [1.165, 1.54) is 17.8 Å². The van der Waals surface area contributed by atoms with Crippen LogP contribution in [0.15, 0.2) is 40.7 Å². The SMILES string of the molecule is C=C1SC(Nc2cccc(C(F)(F)F)c2)=NC1(C)C. The molecule has 0 amide bonds. The standard InChI is InChI=1S/C13H13F3N2S/c1-8-12(2,3)18-11(19-8)17-10-6-4-5-9(7-10)13(14,15)16/h4-7H,1H2,2-3H3,(H,17,18). The third-order valence-electron chi connectivity index (χ3n) is 2.72. The van der Waals surface area contributed by atoms with Gasteiger partial charge in [0.05, 0.1) is 11.1 Å². The first kappa shape index (κ1) is 14.0. The lowest BCUT2D eigenvalue weighted by Gasteiger charge is -2.12. The van der Waals surface area contributed by atoms with E-state index in [9.17, 15) is 13.2 Å². The largest absolute Gasteiger partial charge is 0.416 e. The average molecular weight is 286 g/mol. The Morgan fingerprint density at radius 1 is 1.32 bits per heavy atom. The van der Waals surface area contributed by atoms with Crippen molar-refractivity contribution in [3.63, 3.8) is 0 Å². The summed E-state index contributed by atoms with van der Waals surface area (Å²) in [6, 6.07) is 5.05. The Labute approximate surface area is 113 Å². The zero-order valence-corrected chi connectivity index (χ0v) is 11.3. The number of nitrogens with zero attached hydrogens (tertiary/aromatic N) is 1. The Morgan fingerprint density at radius 2 is 2.00 bits per heavy atom. The molecule has 1 aromatic rings. The lowest BCUT2D eigenvalue weighted by atomic mass is 10.1. The number of thioether (sulfide) groups is 1. The predicted molar refractivity (Wildman–Crippen MR) is 73.3 cm³/mol. The van der Waals surface area contributed by atoms with E-state index < -0.39 is 17.3 Å². The zero-order chi connectivity index (χ0) is 14.3. The molecule has 0 bridgehead atoms. The van der Waals surface area contributed by atoms with Gasteiger partial charge in [-0.25, -0.2) is 0 Å². The first-order chi connectivity index (χ1) is 8.68. The molecule has 1 aliphatic heterocycles. The van der Waals surface area contributed by atoms with E-state index in [-0.39, 0.29) is 0 Å². The molecule has 1 aromatic carbocycles. The third kappa shape index (κ3) is 3.12. The van der Waals surface area contributed by atoms with Gasteiger partial charge >= 0.3 is 6.18 Å². The molecule has 0 saturated heterocycles. The summed E-state index contributed by atoms with van der Waals surface area (Å²) in [6.07, 6.45) is -4.34. The van der Waals surface area contributed by atoms with Crippen LogP contribution in [0.1, 0.15) is 19.4 Å². The Kier molecular flexibility index (Phi) is 3.38. The number of alkyl halides is 3. The minimum atomic E-state index is -4.34. The highest BCUT2D eigenvalue weighted by molar-refractivity contribution is 8.17. The molecule has 0 aliphatic carbocycles. The Bertz CT molecular complexity index is 547. The van der Waals surface area contributed by atoms with E-state index >= 15 is 0 Å².